The van der Waals surface area contributed by atoms with E-state index in [9.17, 15) is 18.0 Å². The summed E-state index contributed by atoms with van der Waals surface area (Å²) in [6.45, 7) is 4.34. The van der Waals surface area contributed by atoms with Gasteiger partial charge in [0.05, 0.1) is 23.5 Å². The van der Waals surface area contributed by atoms with Crippen molar-refractivity contribution >= 4 is 17.4 Å². The monoisotopic (exact) mass is 522 g/mol. The number of anilines is 2. The lowest BCUT2D eigenvalue weighted by molar-refractivity contribution is -0.136. The molecule has 1 fully saturated rings. The molecular formula is C31H33F3N2O2. The highest BCUT2D eigenvalue weighted by Gasteiger charge is 2.35. The maximum Gasteiger partial charge on any atom is 0.418 e. The minimum atomic E-state index is -4.57. The predicted octanol–water partition coefficient (Wildman–Crippen LogP) is 8.88. The fourth-order valence-corrected chi connectivity index (χ4v) is 5.69. The molecule has 0 bridgehead atoms. The molecule has 0 aromatic heterocycles. The number of carbonyl (C=O) groups excluding carboxylic acids is 1. The zero-order valence-electron chi connectivity index (χ0n) is 21.7. The van der Waals surface area contributed by atoms with E-state index in [0.717, 1.165) is 23.1 Å². The number of benzene rings is 3. The van der Waals surface area contributed by atoms with Crippen molar-refractivity contribution in [2.24, 2.45) is 5.92 Å². The average Bonchev–Trinajstić information content (AvgIpc) is 2.92. The Kier molecular flexibility index (Phi) is 7.37. The molecule has 0 spiro atoms. The lowest BCUT2D eigenvalue weighted by atomic mass is 9.77. The molecule has 7 heteroatoms. The van der Waals surface area contributed by atoms with Gasteiger partial charge in [-0.2, -0.15) is 13.2 Å². The van der Waals surface area contributed by atoms with Gasteiger partial charge >= 0.3 is 12.2 Å². The molecule has 1 heterocycles. The number of nitrogens with zero attached hydrogens (tertiary/aromatic N) is 1. The Morgan fingerprint density at radius 1 is 0.974 bits per heavy atom. The summed E-state index contributed by atoms with van der Waals surface area (Å²) in [4.78, 5) is 14.6. The molecule has 3 aromatic rings. The summed E-state index contributed by atoms with van der Waals surface area (Å²) in [6, 6.07) is 18.7. The molecule has 0 saturated heterocycles. The Morgan fingerprint density at radius 2 is 1.66 bits per heavy atom. The molecular weight excluding hydrogens is 489 g/mol. The van der Waals surface area contributed by atoms with Crippen LogP contribution in [0.3, 0.4) is 0 Å². The van der Waals surface area contributed by atoms with Crippen LogP contribution in [0, 0.1) is 5.92 Å². The molecule has 4 nitrogen and oxygen atoms in total. The van der Waals surface area contributed by atoms with Crippen LogP contribution in [-0.4, -0.2) is 18.7 Å². The summed E-state index contributed by atoms with van der Waals surface area (Å²) in [5.74, 6) is 2.01. The van der Waals surface area contributed by atoms with Gasteiger partial charge in [-0.15, -0.1) is 0 Å². The fourth-order valence-electron chi connectivity index (χ4n) is 5.69. The van der Waals surface area contributed by atoms with Gasteiger partial charge in [-0.05, 0) is 85.4 Å². The first-order chi connectivity index (χ1) is 18.2. The van der Waals surface area contributed by atoms with Crippen molar-refractivity contribution in [2.75, 3.05) is 16.8 Å². The quantitative estimate of drug-likeness (QED) is 0.372. The average molecular weight is 523 g/mol. The van der Waals surface area contributed by atoms with Crippen molar-refractivity contribution in [3.8, 4) is 16.9 Å². The molecule has 1 N–H and O–H groups in total. The number of amides is 2. The van der Waals surface area contributed by atoms with Crippen LogP contribution in [0.25, 0.3) is 11.1 Å². The number of fused-ring (bicyclic) bond motifs is 1. The van der Waals surface area contributed by atoms with E-state index >= 15 is 0 Å². The van der Waals surface area contributed by atoms with Gasteiger partial charge in [0.2, 0.25) is 0 Å². The second kappa shape index (κ2) is 10.7. The van der Waals surface area contributed by atoms with Crippen molar-refractivity contribution in [3.63, 3.8) is 0 Å². The van der Waals surface area contributed by atoms with Crippen LogP contribution in [-0.2, 0) is 6.18 Å². The van der Waals surface area contributed by atoms with E-state index < -0.39 is 17.8 Å². The van der Waals surface area contributed by atoms with Crippen LogP contribution in [0.15, 0.2) is 66.7 Å². The third-order valence-corrected chi connectivity index (χ3v) is 7.88. The molecule has 1 unspecified atom stereocenters. The van der Waals surface area contributed by atoms with Gasteiger partial charge in [0.1, 0.15) is 11.9 Å². The molecule has 38 heavy (non-hydrogen) atoms. The number of hydrogen-bond acceptors (Lipinski definition) is 2. The minimum Gasteiger partial charge on any atom is -0.487 e. The lowest BCUT2D eigenvalue weighted by Crippen LogP contribution is -2.44. The summed E-state index contributed by atoms with van der Waals surface area (Å²) in [7, 11) is 0. The molecule has 0 radical (unpaired) electrons. The van der Waals surface area contributed by atoms with Crippen molar-refractivity contribution in [1.29, 1.82) is 0 Å². The number of carbonyl (C=O) groups is 1. The van der Waals surface area contributed by atoms with Crippen molar-refractivity contribution in [1.82, 2.24) is 0 Å². The van der Waals surface area contributed by atoms with E-state index in [2.05, 4.69) is 36.5 Å². The second-order valence-electron chi connectivity index (χ2n) is 10.4. The maximum absolute atomic E-state index is 13.4. The van der Waals surface area contributed by atoms with Gasteiger partial charge in [-0.1, -0.05) is 55.8 Å². The highest BCUT2D eigenvalue weighted by molar-refractivity contribution is 6.03. The molecule has 1 atom stereocenters. The second-order valence-corrected chi connectivity index (χ2v) is 10.4. The molecule has 2 amide bonds. The zero-order chi connectivity index (χ0) is 26.9. The van der Waals surface area contributed by atoms with Gasteiger partial charge < -0.3 is 10.1 Å². The number of hydrogen-bond donors (Lipinski definition) is 1. The Morgan fingerprint density at radius 3 is 2.34 bits per heavy atom. The van der Waals surface area contributed by atoms with E-state index in [4.69, 9.17) is 4.74 Å². The van der Waals surface area contributed by atoms with Crippen LogP contribution < -0.4 is 15.0 Å². The zero-order valence-corrected chi connectivity index (χ0v) is 21.7. The first-order valence-corrected chi connectivity index (χ1v) is 13.4. The Labute approximate surface area is 221 Å². The highest BCUT2D eigenvalue weighted by Crippen LogP contribution is 2.40. The number of ether oxygens (including phenoxy) is 1. The number of urea groups is 1. The summed E-state index contributed by atoms with van der Waals surface area (Å²) >= 11 is 0. The smallest absolute Gasteiger partial charge is 0.418 e. The van der Waals surface area contributed by atoms with E-state index in [0.29, 0.717) is 17.4 Å². The van der Waals surface area contributed by atoms with Crippen molar-refractivity contribution < 1.29 is 22.7 Å². The molecule has 1 aliphatic heterocycles. The standard InChI is InChI=1S/C31H33F3N2O2/c1-3-21-8-10-22(11-9-21)23-12-14-24(15-13-23)25-16-17-28-29(18-25)38-20(2)19-36(28)30(37)35-27-7-5-4-6-26(27)31(32,33)34/h4-7,12-18,20-22H,3,8-11,19H2,1-2H3,(H,35,37). The Hall–Kier alpha value is -3.48. The summed E-state index contributed by atoms with van der Waals surface area (Å²) in [6.07, 6.45) is 1.47. The molecule has 2 aliphatic rings. The van der Waals surface area contributed by atoms with E-state index in [1.54, 1.807) is 6.07 Å². The van der Waals surface area contributed by atoms with E-state index in [-0.39, 0.29) is 18.3 Å². The van der Waals surface area contributed by atoms with Crippen LogP contribution in [0.2, 0.25) is 0 Å². The third-order valence-electron chi connectivity index (χ3n) is 7.88. The topological polar surface area (TPSA) is 41.6 Å². The van der Waals surface area contributed by atoms with E-state index in [1.807, 2.05) is 19.1 Å². The first-order valence-electron chi connectivity index (χ1n) is 13.4. The number of nitrogens with one attached hydrogen (secondary N) is 1. The number of rotatable bonds is 4. The predicted molar refractivity (Wildman–Crippen MR) is 145 cm³/mol. The summed E-state index contributed by atoms with van der Waals surface area (Å²) in [5.41, 5.74) is 2.77. The molecule has 1 aliphatic carbocycles. The van der Waals surface area contributed by atoms with Crippen molar-refractivity contribution in [2.45, 2.75) is 64.1 Å². The number of halogens is 3. The third kappa shape index (κ3) is 5.52. The first kappa shape index (κ1) is 26.1. The molecule has 3 aromatic carbocycles. The largest absolute Gasteiger partial charge is 0.487 e. The maximum atomic E-state index is 13.4. The van der Waals surface area contributed by atoms with Crippen LogP contribution in [0.1, 0.15) is 63.0 Å². The minimum absolute atomic E-state index is 0.224. The lowest BCUT2D eigenvalue weighted by Gasteiger charge is -2.34. The molecule has 5 rings (SSSR count). The van der Waals surface area contributed by atoms with Gasteiger partial charge in [0, 0.05) is 0 Å². The van der Waals surface area contributed by atoms with Gasteiger partial charge in [-0.3, -0.25) is 4.90 Å². The van der Waals surface area contributed by atoms with Gasteiger partial charge in [-0.25, -0.2) is 4.79 Å². The van der Waals surface area contributed by atoms with Crippen LogP contribution >= 0.6 is 0 Å². The van der Waals surface area contributed by atoms with Crippen LogP contribution in [0.4, 0.5) is 29.3 Å². The van der Waals surface area contributed by atoms with Crippen LogP contribution in [0.5, 0.6) is 5.75 Å². The summed E-state index contributed by atoms with van der Waals surface area (Å²) in [5, 5.41) is 2.45. The molecule has 200 valence electrons. The van der Waals surface area contributed by atoms with Gasteiger partial charge in [0.25, 0.3) is 0 Å². The van der Waals surface area contributed by atoms with Gasteiger partial charge in [0.15, 0.2) is 0 Å². The molecule has 1 saturated carbocycles. The van der Waals surface area contributed by atoms with E-state index in [1.165, 1.54) is 60.8 Å². The highest BCUT2D eigenvalue weighted by atomic mass is 19.4. The number of para-hydroxylation sites is 1. The fraction of sp³-hybridized carbons (Fsp3) is 0.387. The Bertz CT molecular complexity index is 1280. The SMILES string of the molecule is CCC1CCC(c2ccc(-c3ccc4c(c3)OC(C)CN4C(=O)Nc3ccccc3C(F)(F)F)cc2)CC1. The summed E-state index contributed by atoms with van der Waals surface area (Å²) < 4.78 is 46.3. The Balaban J connectivity index is 1.34. The normalized spacial score (nSPS) is 21.4. The van der Waals surface area contributed by atoms with Crippen molar-refractivity contribution in [3.05, 3.63) is 77.9 Å². The number of alkyl halides is 3.